The molecule has 6 heteroatoms. The summed E-state index contributed by atoms with van der Waals surface area (Å²) in [6.45, 7) is 1.98. The molecule has 0 aliphatic heterocycles. The maximum Gasteiger partial charge on any atom is 0.237 e. The number of thioether (sulfide) groups is 1. The normalized spacial score (nSPS) is 29.3. The summed E-state index contributed by atoms with van der Waals surface area (Å²) < 4.78 is 0. The molecule has 2 atom stereocenters. The molecule has 1 aromatic rings. The molecule has 2 unspecified atom stereocenters. The average Bonchev–Trinajstić information content (AvgIpc) is 3.25. The van der Waals surface area contributed by atoms with Gasteiger partial charge < -0.3 is 11.1 Å². The Kier molecular flexibility index (Phi) is 4.17. The van der Waals surface area contributed by atoms with Crippen molar-refractivity contribution in [2.45, 2.75) is 67.4 Å². The zero-order valence-corrected chi connectivity index (χ0v) is 13.2. The molecule has 0 bridgehead atoms. The van der Waals surface area contributed by atoms with E-state index in [0.29, 0.717) is 11.3 Å². The number of hydrogen-bond acceptors (Lipinski definition) is 5. The second kappa shape index (κ2) is 5.93. The molecule has 0 radical (unpaired) electrons. The topological polar surface area (TPSA) is 80.9 Å². The van der Waals surface area contributed by atoms with E-state index in [1.54, 1.807) is 11.8 Å². The maximum atomic E-state index is 12.0. The largest absolute Gasteiger partial charge is 0.368 e. The van der Waals surface area contributed by atoms with Crippen LogP contribution in [0.3, 0.4) is 0 Å². The van der Waals surface area contributed by atoms with E-state index in [-0.39, 0.29) is 5.91 Å². The number of hydrogen-bond donors (Lipinski definition) is 2. The van der Waals surface area contributed by atoms with Crippen molar-refractivity contribution in [1.29, 1.82) is 0 Å². The van der Waals surface area contributed by atoms with Crippen LogP contribution in [0.1, 0.15) is 44.1 Å². The third-order valence-electron chi connectivity index (χ3n) is 4.26. The molecular weight excluding hydrogens is 284 g/mol. The molecular formula is C15H22N4OS. The molecule has 3 rings (SSSR count). The van der Waals surface area contributed by atoms with Gasteiger partial charge >= 0.3 is 0 Å². The Morgan fingerprint density at radius 1 is 1.38 bits per heavy atom. The Labute approximate surface area is 129 Å². The van der Waals surface area contributed by atoms with Gasteiger partial charge in [0, 0.05) is 23.7 Å². The molecule has 1 heterocycles. The fraction of sp³-hybridized carbons (Fsp3) is 0.667. The van der Waals surface area contributed by atoms with Crippen molar-refractivity contribution in [2.24, 2.45) is 5.73 Å². The van der Waals surface area contributed by atoms with Crippen molar-refractivity contribution in [3.63, 3.8) is 0 Å². The second-order valence-corrected chi connectivity index (χ2v) is 7.51. The van der Waals surface area contributed by atoms with Crippen LogP contribution in [0.5, 0.6) is 0 Å². The molecule has 2 aliphatic rings. The number of carbonyl (C=O) groups excluding carboxylic acids is 1. The molecule has 5 nitrogen and oxygen atoms in total. The first kappa shape index (κ1) is 14.8. The minimum Gasteiger partial charge on any atom is -0.368 e. The Balaban J connectivity index is 1.68. The zero-order valence-electron chi connectivity index (χ0n) is 12.3. The molecule has 0 saturated heterocycles. The lowest BCUT2D eigenvalue weighted by atomic mass is 9.80. The summed E-state index contributed by atoms with van der Waals surface area (Å²) in [7, 11) is 0. The number of nitrogens with zero attached hydrogens (tertiary/aromatic N) is 2. The van der Waals surface area contributed by atoms with Crippen LogP contribution in [0.15, 0.2) is 17.6 Å². The van der Waals surface area contributed by atoms with E-state index < -0.39 is 5.54 Å². The highest BCUT2D eigenvalue weighted by molar-refractivity contribution is 7.99. The van der Waals surface area contributed by atoms with E-state index in [4.69, 9.17) is 5.73 Å². The van der Waals surface area contributed by atoms with Crippen LogP contribution < -0.4 is 11.1 Å². The lowest BCUT2D eigenvalue weighted by Crippen LogP contribution is -2.59. The first-order chi connectivity index (χ1) is 10.1. The van der Waals surface area contributed by atoms with Gasteiger partial charge in [0.25, 0.3) is 0 Å². The highest BCUT2D eigenvalue weighted by Crippen LogP contribution is 2.39. The van der Waals surface area contributed by atoms with Crippen LogP contribution in [0.4, 0.5) is 0 Å². The quantitative estimate of drug-likeness (QED) is 0.811. The summed E-state index contributed by atoms with van der Waals surface area (Å²) in [5.74, 6) is -0.204. The van der Waals surface area contributed by atoms with Gasteiger partial charge in [-0.1, -0.05) is 11.8 Å². The number of rotatable bonds is 5. The number of carbonyl (C=O) groups is 1. The third kappa shape index (κ3) is 3.55. The van der Waals surface area contributed by atoms with Crippen LogP contribution in [-0.4, -0.2) is 32.7 Å². The second-order valence-electron chi connectivity index (χ2n) is 6.24. The smallest absolute Gasteiger partial charge is 0.237 e. The van der Waals surface area contributed by atoms with E-state index in [1.807, 2.05) is 19.3 Å². The standard InChI is InChI=1S/C15H22N4OS/c1-10-8-17-14(18-9-10)21-12-3-2-6-15(7-12,13(16)20)19-11-4-5-11/h8-9,11-12,19H,2-7H2,1H3,(H2,16,20). The Morgan fingerprint density at radius 2 is 2.10 bits per heavy atom. The van der Waals surface area contributed by atoms with Gasteiger partial charge in [0.05, 0.1) is 5.54 Å². The molecule has 21 heavy (non-hydrogen) atoms. The lowest BCUT2D eigenvalue weighted by molar-refractivity contribution is -0.125. The van der Waals surface area contributed by atoms with Crippen LogP contribution in [0, 0.1) is 6.92 Å². The van der Waals surface area contributed by atoms with E-state index in [9.17, 15) is 4.79 Å². The first-order valence-corrected chi connectivity index (χ1v) is 8.48. The van der Waals surface area contributed by atoms with Crippen LogP contribution in [-0.2, 0) is 4.79 Å². The van der Waals surface area contributed by atoms with Crippen molar-refractivity contribution in [3.05, 3.63) is 18.0 Å². The molecule has 2 aliphatic carbocycles. The fourth-order valence-electron chi connectivity index (χ4n) is 2.96. The van der Waals surface area contributed by atoms with Gasteiger partial charge in [-0.25, -0.2) is 9.97 Å². The van der Waals surface area contributed by atoms with Crippen LogP contribution >= 0.6 is 11.8 Å². The molecule has 1 aromatic heterocycles. The molecule has 0 spiro atoms. The summed E-state index contributed by atoms with van der Waals surface area (Å²) in [5, 5.41) is 4.64. The summed E-state index contributed by atoms with van der Waals surface area (Å²) in [6, 6.07) is 0.483. The summed E-state index contributed by atoms with van der Waals surface area (Å²) >= 11 is 1.67. The maximum absolute atomic E-state index is 12.0. The third-order valence-corrected chi connectivity index (χ3v) is 5.42. The summed E-state index contributed by atoms with van der Waals surface area (Å²) in [5.41, 5.74) is 6.25. The predicted octanol–water partition coefficient (Wildman–Crippen LogP) is 1.80. The Bertz CT molecular complexity index is 517. The number of aromatic nitrogens is 2. The number of nitrogens with one attached hydrogen (secondary N) is 1. The number of aryl methyl sites for hydroxylation is 1. The highest BCUT2D eigenvalue weighted by Gasteiger charge is 2.44. The Morgan fingerprint density at radius 3 is 2.71 bits per heavy atom. The molecule has 3 N–H and O–H groups in total. The van der Waals surface area contributed by atoms with E-state index >= 15 is 0 Å². The predicted molar refractivity (Wildman–Crippen MR) is 83.0 cm³/mol. The minimum atomic E-state index is -0.526. The van der Waals surface area contributed by atoms with Crippen molar-refractivity contribution in [3.8, 4) is 0 Å². The minimum absolute atomic E-state index is 0.204. The monoisotopic (exact) mass is 306 g/mol. The van der Waals surface area contributed by atoms with E-state index in [1.165, 1.54) is 0 Å². The van der Waals surface area contributed by atoms with Gasteiger partial charge in [0.2, 0.25) is 5.91 Å². The SMILES string of the molecule is Cc1cnc(SC2CCCC(NC3CC3)(C(N)=O)C2)nc1. The Hall–Kier alpha value is -1.14. The molecule has 0 aromatic carbocycles. The molecule has 114 valence electrons. The van der Waals surface area contributed by atoms with Gasteiger partial charge in [-0.3, -0.25) is 4.79 Å². The highest BCUT2D eigenvalue weighted by atomic mass is 32.2. The fourth-order valence-corrected chi connectivity index (χ4v) is 4.14. The van der Waals surface area contributed by atoms with Crippen molar-refractivity contribution in [2.75, 3.05) is 0 Å². The molecule has 1 amide bonds. The van der Waals surface area contributed by atoms with Gasteiger partial charge in [-0.05, 0) is 51.0 Å². The van der Waals surface area contributed by atoms with Gasteiger partial charge in [-0.2, -0.15) is 0 Å². The number of nitrogens with two attached hydrogens (primary N) is 1. The van der Waals surface area contributed by atoms with Gasteiger partial charge in [0.15, 0.2) is 5.16 Å². The van der Waals surface area contributed by atoms with Crippen molar-refractivity contribution >= 4 is 17.7 Å². The average molecular weight is 306 g/mol. The van der Waals surface area contributed by atoms with Crippen molar-refractivity contribution in [1.82, 2.24) is 15.3 Å². The van der Waals surface area contributed by atoms with Crippen LogP contribution in [0.2, 0.25) is 0 Å². The zero-order chi connectivity index (χ0) is 14.9. The first-order valence-electron chi connectivity index (χ1n) is 7.60. The number of primary amides is 1. The molecule has 2 fully saturated rings. The van der Waals surface area contributed by atoms with Crippen molar-refractivity contribution < 1.29 is 4.79 Å². The summed E-state index contributed by atoms with van der Waals surface area (Å²) in [6.07, 6.45) is 9.73. The number of amides is 1. The van der Waals surface area contributed by atoms with E-state index in [0.717, 1.165) is 49.2 Å². The van der Waals surface area contributed by atoms with Crippen LogP contribution in [0.25, 0.3) is 0 Å². The van der Waals surface area contributed by atoms with Gasteiger partial charge in [-0.15, -0.1) is 0 Å². The lowest BCUT2D eigenvalue weighted by Gasteiger charge is -2.39. The summed E-state index contributed by atoms with van der Waals surface area (Å²) in [4.78, 5) is 20.7. The van der Waals surface area contributed by atoms with E-state index in [2.05, 4.69) is 15.3 Å². The molecule has 2 saturated carbocycles. The van der Waals surface area contributed by atoms with Gasteiger partial charge in [0.1, 0.15) is 0 Å².